The summed E-state index contributed by atoms with van der Waals surface area (Å²) >= 11 is 0. The Morgan fingerprint density at radius 3 is 1.77 bits per heavy atom. The molecule has 0 amide bonds. The maximum absolute atomic E-state index is 10.9. The van der Waals surface area contributed by atoms with Gasteiger partial charge >= 0.3 is 0 Å². The Bertz CT molecular complexity index is 961. The number of anilines is 1. The van der Waals surface area contributed by atoms with Crippen LogP contribution in [0.15, 0.2) is 60.7 Å². The number of halogens is 1. The van der Waals surface area contributed by atoms with Gasteiger partial charge in [0.15, 0.2) is 12.4 Å². The Labute approximate surface area is 187 Å². The van der Waals surface area contributed by atoms with E-state index in [1.165, 1.54) is 38.5 Å². The molecule has 0 fully saturated rings. The second kappa shape index (κ2) is 9.37. The average Bonchev–Trinajstić information content (AvgIpc) is 3.02. The van der Waals surface area contributed by atoms with E-state index in [0.717, 1.165) is 32.1 Å². The normalized spacial score (nSPS) is 14.7. The number of hydrogen-bond donors (Lipinski definition) is 1. The molecule has 0 aliphatic carbocycles. The SMILES string of the molecule is CN1C[NH+](C)c2cc(Cc3ccc(C=O)cc3)c(Cc3ccc(C=O)cc3)cc21.[Br-]. The molecule has 154 valence electrons. The second-order valence-corrected chi connectivity index (χ2v) is 7.85. The maximum atomic E-state index is 10.9. The van der Waals surface area contributed by atoms with E-state index >= 15 is 0 Å². The summed E-state index contributed by atoms with van der Waals surface area (Å²) < 4.78 is 0. The molecule has 1 N–H and O–H groups in total. The Morgan fingerprint density at radius 2 is 1.30 bits per heavy atom. The summed E-state index contributed by atoms with van der Waals surface area (Å²) in [5, 5.41) is 0. The zero-order chi connectivity index (χ0) is 20.4. The van der Waals surface area contributed by atoms with Crippen LogP contribution in [0.3, 0.4) is 0 Å². The maximum Gasteiger partial charge on any atom is 0.157 e. The molecule has 4 nitrogen and oxygen atoms in total. The molecule has 0 saturated carbocycles. The number of nitrogens with one attached hydrogen (secondary N) is 1. The lowest BCUT2D eigenvalue weighted by Crippen LogP contribution is -3.03. The summed E-state index contributed by atoms with van der Waals surface area (Å²) in [4.78, 5) is 25.6. The van der Waals surface area contributed by atoms with Crippen molar-refractivity contribution in [1.82, 2.24) is 0 Å². The number of quaternary nitrogens is 1. The van der Waals surface area contributed by atoms with E-state index in [4.69, 9.17) is 0 Å². The summed E-state index contributed by atoms with van der Waals surface area (Å²) in [5.41, 5.74) is 8.98. The van der Waals surface area contributed by atoms with Gasteiger partial charge in [0, 0.05) is 24.2 Å². The van der Waals surface area contributed by atoms with Crippen LogP contribution in [0.4, 0.5) is 11.4 Å². The first-order valence-corrected chi connectivity index (χ1v) is 9.85. The van der Waals surface area contributed by atoms with Gasteiger partial charge in [-0.05, 0) is 41.2 Å². The van der Waals surface area contributed by atoms with E-state index in [2.05, 4.69) is 31.1 Å². The van der Waals surface area contributed by atoms with Crippen LogP contribution in [0.2, 0.25) is 0 Å². The van der Waals surface area contributed by atoms with E-state index in [1.807, 2.05) is 48.5 Å². The van der Waals surface area contributed by atoms with Crippen molar-refractivity contribution in [2.75, 3.05) is 25.7 Å². The van der Waals surface area contributed by atoms with Gasteiger partial charge in [0.1, 0.15) is 18.3 Å². The predicted molar refractivity (Wildman–Crippen MR) is 116 cm³/mol. The van der Waals surface area contributed by atoms with Gasteiger partial charge in [0.25, 0.3) is 0 Å². The predicted octanol–water partition coefficient (Wildman–Crippen LogP) is 0.0507. The van der Waals surface area contributed by atoms with Crippen molar-refractivity contribution in [1.29, 1.82) is 0 Å². The number of hydrogen-bond acceptors (Lipinski definition) is 3. The first kappa shape index (κ1) is 21.9. The lowest BCUT2D eigenvalue weighted by molar-refractivity contribution is -0.802. The monoisotopic (exact) mass is 464 g/mol. The van der Waals surface area contributed by atoms with Crippen molar-refractivity contribution >= 4 is 23.9 Å². The van der Waals surface area contributed by atoms with Crippen molar-refractivity contribution in [2.24, 2.45) is 0 Å². The zero-order valence-corrected chi connectivity index (χ0v) is 18.8. The Kier molecular flexibility index (Phi) is 6.85. The van der Waals surface area contributed by atoms with Crippen LogP contribution in [0.5, 0.6) is 0 Å². The van der Waals surface area contributed by atoms with Crippen molar-refractivity contribution < 1.29 is 31.5 Å². The molecule has 0 spiro atoms. The highest BCUT2D eigenvalue weighted by molar-refractivity contribution is 5.75. The zero-order valence-electron chi connectivity index (χ0n) is 17.2. The smallest absolute Gasteiger partial charge is 0.157 e. The number of fused-ring (bicyclic) bond motifs is 1. The van der Waals surface area contributed by atoms with Gasteiger partial charge in [0.05, 0.1) is 7.05 Å². The molecule has 1 atom stereocenters. The van der Waals surface area contributed by atoms with E-state index in [0.29, 0.717) is 11.1 Å². The van der Waals surface area contributed by atoms with Gasteiger partial charge in [-0.3, -0.25) is 14.5 Å². The van der Waals surface area contributed by atoms with Crippen LogP contribution >= 0.6 is 0 Å². The van der Waals surface area contributed by atoms with Crippen molar-refractivity contribution in [3.8, 4) is 0 Å². The van der Waals surface area contributed by atoms with Crippen LogP contribution in [0, 0.1) is 0 Å². The quantitative estimate of drug-likeness (QED) is 0.524. The Morgan fingerprint density at radius 1 is 0.833 bits per heavy atom. The van der Waals surface area contributed by atoms with E-state index in [1.54, 1.807) is 0 Å². The van der Waals surface area contributed by atoms with Crippen molar-refractivity contribution in [3.63, 3.8) is 0 Å². The lowest BCUT2D eigenvalue weighted by atomic mass is 9.93. The molecular weight excluding hydrogens is 440 g/mol. The summed E-state index contributed by atoms with van der Waals surface area (Å²) in [6, 6.07) is 20.3. The van der Waals surface area contributed by atoms with Crippen LogP contribution in [-0.2, 0) is 12.8 Å². The van der Waals surface area contributed by atoms with Gasteiger partial charge < -0.3 is 21.9 Å². The highest BCUT2D eigenvalue weighted by atomic mass is 79.9. The highest BCUT2D eigenvalue weighted by Crippen LogP contribution is 2.31. The second-order valence-electron chi connectivity index (χ2n) is 7.85. The van der Waals surface area contributed by atoms with Crippen LogP contribution < -0.4 is 26.8 Å². The average molecular weight is 465 g/mol. The topological polar surface area (TPSA) is 41.8 Å². The third-order valence-electron chi connectivity index (χ3n) is 5.68. The largest absolute Gasteiger partial charge is 1.00 e. The van der Waals surface area contributed by atoms with E-state index in [9.17, 15) is 9.59 Å². The minimum absolute atomic E-state index is 0. The fraction of sp³-hybridized carbons (Fsp3) is 0.200. The molecule has 30 heavy (non-hydrogen) atoms. The standard InChI is InChI=1S/C25H24N2O2.BrH/c1-26-17-27(2)25-14-23(12-19-5-9-21(16-29)10-6-19)22(13-24(25)26)11-18-3-7-20(15-28)8-4-18;/h3-10,13-16H,11-12,17H2,1-2H3;1H. The third-order valence-corrected chi connectivity index (χ3v) is 5.68. The molecule has 3 aromatic rings. The molecule has 0 radical (unpaired) electrons. The highest BCUT2D eigenvalue weighted by Gasteiger charge is 2.27. The molecule has 1 unspecified atom stereocenters. The number of benzene rings is 3. The van der Waals surface area contributed by atoms with Crippen LogP contribution in [0.1, 0.15) is 43.0 Å². The summed E-state index contributed by atoms with van der Waals surface area (Å²) in [6.07, 6.45) is 3.40. The van der Waals surface area contributed by atoms with Gasteiger partial charge in [-0.15, -0.1) is 0 Å². The fourth-order valence-corrected chi connectivity index (χ4v) is 4.06. The van der Waals surface area contributed by atoms with Gasteiger partial charge in [-0.25, -0.2) is 0 Å². The van der Waals surface area contributed by atoms with E-state index in [-0.39, 0.29) is 17.0 Å². The molecule has 3 aromatic carbocycles. The molecule has 1 aliphatic rings. The minimum atomic E-state index is 0. The van der Waals surface area contributed by atoms with Gasteiger partial charge in [-0.2, -0.15) is 0 Å². The lowest BCUT2D eigenvalue weighted by Gasteiger charge is -2.14. The van der Waals surface area contributed by atoms with Gasteiger partial charge in [-0.1, -0.05) is 48.5 Å². The first-order valence-electron chi connectivity index (χ1n) is 9.85. The molecule has 1 aliphatic heterocycles. The van der Waals surface area contributed by atoms with E-state index < -0.39 is 0 Å². The summed E-state index contributed by atoms with van der Waals surface area (Å²) in [6.45, 7) is 0.959. The molecule has 1 heterocycles. The molecule has 0 saturated heterocycles. The number of nitrogens with zero attached hydrogens (tertiary/aromatic N) is 1. The number of carbonyl (C=O) groups is 2. The van der Waals surface area contributed by atoms with Crippen LogP contribution in [-0.4, -0.2) is 33.3 Å². The number of rotatable bonds is 6. The third kappa shape index (κ3) is 4.53. The Hall–Kier alpha value is -2.76. The van der Waals surface area contributed by atoms with Gasteiger partial charge in [0.2, 0.25) is 0 Å². The van der Waals surface area contributed by atoms with Crippen LogP contribution in [0.25, 0.3) is 0 Å². The van der Waals surface area contributed by atoms with Crippen molar-refractivity contribution in [2.45, 2.75) is 12.8 Å². The number of carbonyl (C=O) groups excluding carboxylic acids is 2. The van der Waals surface area contributed by atoms with Crippen molar-refractivity contribution in [3.05, 3.63) is 94.0 Å². The first-order chi connectivity index (χ1) is 14.1. The molecule has 0 bridgehead atoms. The summed E-state index contributed by atoms with van der Waals surface area (Å²) in [7, 11) is 4.33. The minimum Gasteiger partial charge on any atom is -1.00 e. The molecule has 0 aromatic heterocycles. The molecule has 4 rings (SSSR count). The fourth-order valence-electron chi connectivity index (χ4n) is 4.06. The molecular formula is C25H25BrN2O2. The summed E-state index contributed by atoms with van der Waals surface area (Å²) in [5.74, 6) is 0. The Balaban J connectivity index is 0.00000256. The molecule has 5 heteroatoms. The number of aldehydes is 2.